The summed E-state index contributed by atoms with van der Waals surface area (Å²) < 4.78 is 19.9. The van der Waals surface area contributed by atoms with Gasteiger partial charge >= 0.3 is 13.8 Å². The van der Waals surface area contributed by atoms with Crippen LogP contribution in [-0.2, 0) is 25.2 Å². The van der Waals surface area contributed by atoms with Gasteiger partial charge < -0.3 is 20.3 Å². The molecule has 106 valence electrons. The van der Waals surface area contributed by atoms with Gasteiger partial charge in [-0.25, -0.2) is 4.57 Å². The first kappa shape index (κ1) is 15.8. The zero-order valence-electron chi connectivity index (χ0n) is 10.3. The van der Waals surface area contributed by atoms with E-state index < -0.39 is 25.9 Å². The molecule has 0 aliphatic carbocycles. The first-order chi connectivity index (χ1) is 8.79. The Balaban J connectivity index is 2.47. The molecule has 8 heteroatoms. The predicted octanol–water partition coefficient (Wildman–Crippen LogP) is 0.555. The zero-order chi connectivity index (χ0) is 14.5. The molecule has 0 heterocycles. The summed E-state index contributed by atoms with van der Waals surface area (Å²) in [4.78, 5) is 28.8. The fraction of sp³-hybridized carbons (Fsp3) is 0.364. The van der Waals surface area contributed by atoms with Gasteiger partial charge in [0.1, 0.15) is 12.6 Å². The molecule has 0 amide bonds. The molecule has 1 aromatic carbocycles. The lowest BCUT2D eigenvalue weighted by Crippen LogP contribution is -2.42. The SMILES string of the molecule is C[C@@H](OP(=O)(O)O)[C@H](N)C(=O)OCc1ccccc1. The first-order valence-corrected chi connectivity index (χ1v) is 7.02. The maximum atomic E-state index is 11.6. The van der Waals surface area contributed by atoms with Gasteiger partial charge in [-0.1, -0.05) is 30.3 Å². The van der Waals surface area contributed by atoms with Gasteiger partial charge in [-0.05, 0) is 12.5 Å². The van der Waals surface area contributed by atoms with Gasteiger partial charge in [0, 0.05) is 0 Å². The number of esters is 1. The Kier molecular flexibility index (Phi) is 5.65. The maximum absolute atomic E-state index is 11.6. The number of phosphoric acid groups is 1. The Hall–Kier alpha value is -1.24. The highest BCUT2D eigenvalue weighted by Gasteiger charge is 2.29. The highest BCUT2D eigenvalue weighted by Crippen LogP contribution is 2.37. The quantitative estimate of drug-likeness (QED) is 0.517. The number of hydrogen-bond donors (Lipinski definition) is 3. The third kappa shape index (κ3) is 5.96. The van der Waals surface area contributed by atoms with Gasteiger partial charge in [0.15, 0.2) is 0 Å². The molecule has 0 aliphatic heterocycles. The van der Waals surface area contributed by atoms with E-state index in [9.17, 15) is 9.36 Å². The number of carbonyl (C=O) groups is 1. The minimum Gasteiger partial charge on any atom is -0.460 e. The second-order valence-electron chi connectivity index (χ2n) is 3.92. The summed E-state index contributed by atoms with van der Waals surface area (Å²) in [7, 11) is -4.68. The summed E-state index contributed by atoms with van der Waals surface area (Å²) in [6.07, 6.45) is -1.15. The molecule has 0 fully saturated rings. The van der Waals surface area contributed by atoms with Crippen molar-refractivity contribution in [1.29, 1.82) is 0 Å². The van der Waals surface area contributed by atoms with Gasteiger partial charge in [0.25, 0.3) is 0 Å². The van der Waals surface area contributed by atoms with Crippen molar-refractivity contribution < 1.29 is 28.4 Å². The van der Waals surface area contributed by atoms with Gasteiger partial charge in [0.05, 0.1) is 6.10 Å². The van der Waals surface area contributed by atoms with Crippen LogP contribution in [-0.4, -0.2) is 27.9 Å². The molecule has 1 aromatic rings. The average molecular weight is 289 g/mol. The Morgan fingerprint density at radius 1 is 1.37 bits per heavy atom. The fourth-order valence-electron chi connectivity index (χ4n) is 1.30. The monoisotopic (exact) mass is 289 g/mol. The minimum atomic E-state index is -4.68. The van der Waals surface area contributed by atoms with E-state index in [1.165, 1.54) is 6.92 Å². The largest absolute Gasteiger partial charge is 0.469 e. The third-order valence-electron chi connectivity index (χ3n) is 2.31. The molecule has 19 heavy (non-hydrogen) atoms. The van der Waals surface area contributed by atoms with Crippen LogP contribution < -0.4 is 5.73 Å². The minimum absolute atomic E-state index is 0.0377. The lowest BCUT2D eigenvalue weighted by molar-refractivity contribution is -0.148. The number of hydrogen-bond acceptors (Lipinski definition) is 5. The van der Waals surface area contributed by atoms with Crippen LogP contribution in [0.5, 0.6) is 0 Å². The van der Waals surface area contributed by atoms with Gasteiger partial charge in [-0.3, -0.25) is 9.32 Å². The van der Waals surface area contributed by atoms with Crippen LogP contribution in [0.1, 0.15) is 12.5 Å². The molecule has 0 spiro atoms. The van der Waals surface area contributed by atoms with Crippen molar-refractivity contribution in [3.63, 3.8) is 0 Å². The molecule has 0 bridgehead atoms. The number of carbonyl (C=O) groups excluding carboxylic acids is 1. The third-order valence-corrected chi connectivity index (χ3v) is 2.91. The van der Waals surface area contributed by atoms with E-state index in [0.29, 0.717) is 0 Å². The second kappa shape index (κ2) is 6.79. The lowest BCUT2D eigenvalue weighted by Gasteiger charge is -2.19. The van der Waals surface area contributed by atoms with Crippen LogP contribution in [0.3, 0.4) is 0 Å². The van der Waals surface area contributed by atoms with Crippen molar-refractivity contribution in [3.05, 3.63) is 35.9 Å². The summed E-state index contributed by atoms with van der Waals surface area (Å²) in [6, 6.07) is 7.69. The number of nitrogens with two attached hydrogens (primary N) is 1. The van der Waals surface area contributed by atoms with E-state index in [4.69, 9.17) is 20.3 Å². The smallest absolute Gasteiger partial charge is 0.460 e. The van der Waals surface area contributed by atoms with Crippen LogP contribution in [0, 0.1) is 0 Å². The van der Waals surface area contributed by atoms with Crippen LogP contribution in [0.15, 0.2) is 30.3 Å². The average Bonchev–Trinajstić information content (AvgIpc) is 2.34. The number of benzene rings is 1. The first-order valence-electron chi connectivity index (χ1n) is 5.49. The predicted molar refractivity (Wildman–Crippen MR) is 66.8 cm³/mol. The number of ether oxygens (including phenoxy) is 1. The molecule has 0 saturated heterocycles. The molecule has 0 aliphatic rings. The lowest BCUT2D eigenvalue weighted by atomic mass is 10.2. The molecule has 2 atom stereocenters. The molecule has 0 radical (unpaired) electrons. The Morgan fingerprint density at radius 2 is 1.95 bits per heavy atom. The Labute approximate surface area is 110 Å². The standard InChI is InChI=1S/C11H16NO6P/c1-8(18-19(14,15)16)10(12)11(13)17-7-9-5-3-2-4-6-9/h2-6,8,10H,7,12H2,1H3,(H2,14,15,16)/t8-,10+/m1/s1. The topological polar surface area (TPSA) is 119 Å². The van der Waals surface area contributed by atoms with Crippen molar-refractivity contribution >= 4 is 13.8 Å². The van der Waals surface area contributed by atoms with Crippen LogP contribution >= 0.6 is 7.82 Å². The van der Waals surface area contributed by atoms with E-state index in [2.05, 4.69) is 4.52 Å². The summed E-state index contributed by atoms with van der Waals surface area (Å²) in [5.74, 6) is -0.787. The van der Waals surface area contributed by atoms with Gasteiger partial charge in [-0.15, -0.1) is 0 Å². The molecule has 0 saturated carbocycles. The summed E-state index contributed by atoms with van der Waals surface area (Å²) >= 11 is 0. The van der Waals surface area contributed by atoms with Crippen LogP contribution in [0.25, 0.3) is 0 Å². The van der Waals surface area contributed by atoms with E-state index in [1.807, 2.05) is 6.07 Å². The fourth-order valence-corrected chi connectivity index (χ4v) is 1.86. The molecule has 0 unspecified atom stereocenters. The molecule has 0 aromatic heterocycles. The van der Waals surface area contributed by atoms with Crippen molar-refractivity contribution in [2.75, 3.05) is 0 Å². The molecule has 1 rings (SSSR count). The van der Waals surface area contributed by atoms with Gasteiger partial charge in [0.2, 0.25) is 0 Å². The Morgan fingerprint density at radius 3 is 2.47 bits per heavy atom. The summed E-state index contributed by atoms with van der Waals surface area (Å²) in [5.41, 5.74) is 6.27. The van der Waals surface area contributed by atoms with E-state index in [-0.39, 0.29) is 6.61 Å². The Bertz CT molecular complexity index is 460. The van der Waals surface area contributed by atoms with Crippen molar-refractivity contribution in [2.24, 2.45) is 5.73 Å². The molecular weight excluding hydrogens is 273 g/mol. The zero-order valence-corrected chi connectivity index (χ0v) is 11.2. The van der Waals surface area contributed by atoms with E-state index in [1.54, 1.807) is 24.3 Å². The van der Waals surface area contributed by atoms with E-state index in [0.717, 1.165) is 5.56 Å². The summed E-state index contributed by atoms with van der Waals surface area (Å²) in [6.45, 7) is 1.32. The highest BCUT2D eigenvalue weighted by atomic mass is 31.2. The number of phosphoric ester groups is 1. The van der Waals surface area contributed by atoms with Crippen molar-refractivity contribution in [3.8, 4) is 0 Å². The number of rotatable bonds is 6. The van der Waals surface area contributed by atoms with Crippen molar-refractivity contribution in [2.45, 2.75) is 25.7 Å². The van der Waals surface area contributed by atoms with Gasteiger partial charge in [-0.2, -0.15) is 0 Å². The van der Waals surface area contributed by atoms with Crippen LogP contribution in [0.2, 0.25) is 0 Å². The van der Waals surface area contributed by atoms with E-state index >= 15 is 0 Å². The molecule has 4 N–H and O–H groups in total. The van der Waals surface area contributed by atoms with Crippen LogP contribution in [0.4, 0.5) is 0 Å². The normalized spacial score (nSPS) is 14.7. The second-order valence-corrected chi connectivity index (χ2v) is 5.11. The highest BCUT2D eigenvalue weighted by molar-refractivity contribution is 7.46. The molecule has 7 nitrogen and oxygen atoms in total. The van der Waals surface area contributed by atoms with Crippen molar-refractivity contribution in [1.82, 2.24) is 0 Å². The maximum Gasteiger partial charge on any atom is 0.469 e. The summed E-state index contributed by atoms with van der Waals surface area (Å²) in [5, 5.41) is 0. The molecular formula is C11H16NO6P.